The van der Waals surface area contributed by atoms with Crippen molar-refractivity contribution < 1.29 is 0 Å². The Morgan fingerprint density at radius 1 is 0.667 bits per heavy atom. The first-order valence-electron chi connectivity index (χ1n) is 10.8. The van der Waals surface area contributed by atoms with Crippen molar-refractivity contribution in [2.75, 3.05) is 10.6 Å². The van der Waals surface area contributed by atoms with Gasteiger partial charge in [0.15, 0.2) is 0 Å². The number of hydrogen-bond acceptors (Lipinski definition) is 4. The third-order valence-electron chi connectivity index (χ3n) is 5.76. The highest BCUT2D eigenvalue weighted by atomic mass is 15.2. The monoisotopic (exact) mass is 430 g/mol. The zero-order valence-electron chi connectivity index (χ0n) is 18.1. The van der Waals surface area contributed by atoms with Crippen LogP contribution in [0, 0.1) is 0 Å². The standard InChI is InChI=1S/C27H22N6/c1-33-25-17-19(13-15-23(25)32-27(33)29-21-10-6-3-7-11-21)18-12-14-22-24(16-18)31-26(30-22)28-20-8-4-2-5-9-20/h2-17H,1H3,(H,29,32)(H2,28,30,31). The van der Waals surface area contributed by atoms with E-state index in [0.717, 1.165) is 56.5 Å². The third-order valence-corrected chi connectivity index (χ3v) is 5.76. The number of anilines is 4. The summed E-state index contributed by atoms with van der Waals surface area (Å²) in [5.74, 6) is 1.54. The molecular formula is C27H22N6. The molecule has 6 rings (SSSR count). The molecule has 6 aromatic rings. The van der Waals surface area contributed by atoms with Crippen molar-refractivity contribution >= 4 is 45.3 Å². The molecule has 0 spiro atoms. The van der Waals surface area contributed by atoms with E-state index in [2.05, 4.69) is 56.6 Å². The Hall–Kier alpha value is -4.58. The number of hydrogen-bond donors (Lipinski definition) is 3. The van der Waals surface area contributed by atoms with E-state index in [1.54, 1.807) is 0 Å². The molecule has 160 valence electrons. The van der Waals surface area contributed by atoms with Crippen LogP contribution in [-0.4, -0.2) is 19.5 Å². The lowest BCUT2D eigenvalue weighted by Gasteiger charge is -2.06. The predicted molar refractivity (Wildman–Crippen MR) is 135 cm³/mol. The molecule has 0 aliphatic carbocycles. The van der Waals surface area contributed by atoms with Gasteiger partial charge in [-0.2, -0.15) is 0 Å². The summed E-state index contributed by atoms with van der Waals surface area (Å²) in [7, 11) is 2.03. The topological polar surface area (TPSA) is 70.6 Å². The van der Waals surface area contributed by atoms with Crippen LogP contribution in [-0.2, 0) is 7.05 Å². The molecule has 0 aliphatic rings. The number of para-hydroxylation sites is 2. The normalized spacial score (nSPS) is 11.2. The number of nitrogens with one attached hydrogen (secondary N) is 3. The lowest BCUT2D eigenvalue weighted by atomic mass is 10.0. The van der Waals surface area contributed by atoms with Gasteiger partial charge in [-0.05, 0) is 59.7 Å². The Morgan fingerprint density at radius 3 is 2.09 bits per heavy atom. The number of nitrogens with zero attached hydrogens (tertiary/aromatic N) is 3. The Bertz CT molecular complexity index is 1560. The highest BCUT2D eigenvalue weighted by Gasteiger charge is 2.11. The number of aryl methyl sites for hydroxylation is 1. The van der Waals surface area contributed by atoms with Gasteiger partial charge in [0, 0.05) is 18.4 Å². The number of fused-ring (bicyclic) bond motifs is 2. The lowest BCUT2D eigenvalue weighted by molar-refractivity contribution is 0.958. The summed E-state index contributed by atoms with van der Waals surface area (Å²) in [6.07, 6.45) is 0. The van der Waals surface area contributed by atoms with Crippen LogP contribution in [0.5, 0.6) is 0 Å². The van der Waals surface area contributed by atoms with Gasteiger partial charge in [0.2, 0.25) is 11.9 Å². The largest absolute Gasteiger partial charge is 0.326 e. The molecule has 6 heteroatoms. The van der Waals surface area contributed by atoms with Gasteiger partial charge >= 0.3 is 0 Å². The van der Waals surface area contributed by atoms with Gasteiger partial charge in [0.25, 0.3) is 0 Å². The number of aromatic amines is 1. The van der Waals surface area contributed by atoms with Crippen molar-refractivity contribution in [3.8, 4) is 11.1 Å². The van der Waals surface area contributed by atoms with Crippen molar-refractivity contribution in [2.45, 2.75) is 0 Å². The van der Waals surface area contributed by atoms with E-state index in [4.69, 9.17) is 9.97 Å². The van der Waals surface area contributed by atoms with Crippen LogP contribution >= 0.6 is 0 Å². The zero-order chi connectivity index (χ0) is 22.2. The van der Waals surface area contributed by atoms with Crippen molar-refractivity contribution in [3.63, 3.8) is 0 Å². The first kappa shape index (κ1) is 19.1. The van der Waals surface area contributed by atoms with E-state index in [-0.39, 0.29) is 0 Å². The smallest absolute Gasteiger partial charge is 0.208 e. The molecule has 0 saturated carbocycles. The molecule has 0 aliphatic heterocycles. The van der Waals surface area contributed by atoms with Crippen LogP contribution < -0.4 is 10.6 Å². The van der Waals surface area contributed by atoms with Gasteiger partial charge in [0.05, 0.1) is 22.1 Å². The maximum absolute atomic E-state index is 4.76. The van der Waals surface area contributed by atoms with Gasteiger partial charge in [-0.1, -0.05) is 48.5 Å². The van der Waals surface area contributed by atoms with E-state index in [1.165, 1.54) is 0 Å². The Balaban J connectivity index is 1.32. The molecule has 0 amide bonds. The van der Waals surface area contributed by atoms with E-state index in [0.29, 0.717) is 0 Å². The third kappa shape index (κ3) is 3.68. The molecule has 0 radical (unpaired) electrons. The fourth-order valence-electron chi connectivity index (χ4n) is 4.03. The van der Waals surface area contributed by atoms with Crippen molar-refractivity contribution in [1.29, 1.82) is 0 Å². The van der Waals surface area contributed by atoms with Gasteiger partial charge in [-0.25, -0.2) is 9.97 Å². The summed E-state index contributed by atoms with van der Waals surface area (Å²) in [4.78, 5) is 12.8. The molecule has 0 saturated heterocycles. The minimum absolute atomic E-state index is 0.729. The second kappa shape index (κ2) is 7.84. The quantitative estimate of drug-likeness (QED) is 0.288. The zero-order valence-corrected chi connectivity index (χ0v) is 18.1. The molecule has 0 atom stereocenters. The average molecular weight is 431 g/mol. The SMILES string of the molecule is Cn1c(Nc2ccccc2)nc2ccc(-c3ccc4[nH]c(Nc5ccccc5)nc4c3)cc21. The van der Waals surface area contributed by atoms with Crippen LogP contribution in [0.2, 0.25) is 0 Å². The molecule has 6 nitrogen and oxygen atoms in total. The number of H-pyrrole nitrogens is 1. The van der Waals surface area contributed by atoms with Crippen LogP contribution in [0.3, 0.4) is 0 Å². The molecule has 0 unspecified atom stereocenters. The van der Waals surface area contributed by atoms with Gasteiger partial charge in [-0.3, -0.25) is 0 Å². The van der Waals surface area contributed by atoms with Crippen LogP contribution in [0.4, 0.5) is 23.3 Å². The van der Waals surface area contributed by atoms with Gasteiger partial charge < -0.3 is 20.2 Å². The van der Waals surface area contributed by atoms with Crippen molar-refractivity contribution in [1.82, 2.24) is 19.5 Å². The number of aromatic nitrogens is 4. The minimum atomic E-state index is 0.729. The van der Waals surface area contributed by atoms with E-state index < -0.39 is 0 Å². The maximum atomic E-state index is 4.76. The molecule has 2 aromatic heterocycles. The fraction of sp³-hybridized carbons (Fsp3) is 0.0370. The Kier molecular flexibility index (Phi) is 4.54. The maximum Gasteiger partial charge on any atom is 0.208 e. The Morgan fingerprint density at radius 2 is 1.33 bits per heavy atom. The van der Waals surface area contributed by atoms with Gasteiger partial charge in [-0.15, -0.1) is 0 Å². The van der Waals surface area contributed by atoms with Crippen LogP contribution in [0.15, 0.2) is 97.1 Å². The summed E-state index contributed by atoms with van der Waals surface area (Å²) >= 11 is 0. The number of rotatable bonds is 5. The number of benzene rings is 4. The summed E-state index contributed by atoms with van der Waals surface area (Å²) in [5, 5.41) is 6.72. The molecule has 33 heavy (non-hydrogen) atoms. The lowest BCUT2D eigenvalue weighted by Crippen LogP contribution is -1.98. The fourth-order valence-corrected chi connectivity index (χ4v) is 4.03. The van der Waals surface area contributed by atoms with Gasteiger partial charge in [0.1, 0.15) is 0 Å². The Labute approximate surface area is 190 Å². The first-order valence-corrected chi connectivity index (χ1v) is 10.8. The summed E-state index contributed by atoms with van der Waals surface area (Å²) in [5.41, 5.74) is 8.18. The van der Waals surface area contributed by atoms with Crippen LogP contribution in [0.25, 0.3) is 33.2 Å². The van der Waals surface area contributed by atoms with Crippen molar-refractivity contribution in [3.05, 3.63) is 97.1 Å². The second-order valence-electron chi connectivity index (χ2n) is 8.00. The summed E-state index contributed by atoms with van der Waals surface area (Å²) in [6.45, 7) is 0. The highest BCUT2D eigenvalue weighted by molar-refractivity contribution is 5.88. The van der Waals surface area contributed by atoms with E-state index in [1.807, 2.05) is 67.7 Å². The molecule has 2 heterocycles. The van der Waals surface area contributed by atoms with E-state index in [9.17, 15) is 0 Å². The summed E-state index contributed by atoms with van der Waals surface area (Å²) in [6, 6.07) is 32.8. The highest BCUT2D eigenvalue weighted by Crippen LogP contribution is 2.29. The summed E-state index contributed by atoms with van der Waals surface area (Å²) < 4.78 is 2.08. The predicted octanol–water partition coefficient (Wildman–Crippen LogP) is 6.60. The molecule has 0 bridgehead atoms. The molecule has 4 aromatic carbocycles. The van der Waals surface area contributed by atoms with Crippen molar-refractivity contribution in [2.24, 2.45) is 7.05 Å². The molecule has 3 N–H and O–H groups in total. The first-order chi connectivity index (χ1) is 16.2. The van der Waals surface area contributed by atoms with Crippen LogP contribution in [0.1, 0.15) is 0 Å². The number of imidazole rings is 2. The molecular weight excluding hydrogens is 408 g/mol. The average Bonchev–Trinajstić information content (AvgIpc) is 3.39. The van der Waals surface area contributed by atoms with E-state index >= 15 is 0 Å². The second-order valence-corrected chi connectivity index (χ2v) is 8.00. The minimum Gasteiger partial charge on any atom is -0.326 e. The molecule has 0 fully saturated rings.